The zero-order valence-electron chi connectivity index (χ0n) is 17.8. The van der Waals surface area contributed by atoms with Crippen LogP contribution in [0.2, 0.25) is 0 Å². The Morgan fingerprint density at radius 3 is 2.34 bits per heavy atom. The maximum absolute atomic E-state index is 13.0. The van der Waals surface area contributed by atoms with Crippen LogP contribution in [0.1, 0.15) is 36.8 Å². The lowest BCUT2D eigenvalue weighted by atomic mass is 9.98. The van der Waals surface area contributed by atoms with E-state index in [1.807, 2.05) is 43.3 Å². The molecule has 0 aromatic heterocycles. The van der Waals surface area contributed by atoms with Gasteiger partial charge in [-0.15, -0.1) is 11.8 Å². The third-order valence-electron chi connectivity index (χ3n) is 5.96. The summed E-state index contributed by atoms with van der Waals surface area (Å²) in [4.78, 5) is 38.4. The fraction of sp³-hybridized carbons (Fsp3) is 0.375. The average molecular weight is 455 g/mol. The Hall–Kier alpha value is -3.00. The van der Waals surface area contributed by atoms with Gasteiger partial charge in [0.2, 0.25) is 5.91 Å². The molecule has 0 saturated carbocycles. The number of thioether (sulfide) groups is 1. The summed E-state index contributed by atoms with van der Waals surface area (Å²) in [5.74, 6) is -0.815. The van der Waals surface area contributed by atoms with E-state index in [9.17, 15) is 19.5 Å². The van der Waals surface area contributed by atoms with Crippen LogP contribution in [0.15, 0.2) is 48.5 Å². The first kappa shape index (κ1) is 22.2. The molecule has 1 heterocycles. The van der Waals surface area contributed by atoms with E-state index in [1.165, 1.54) is 16.7 Å². The summed E-state index contributed by atoms with van der Waals surface area (Å²) in [5.41, 5.74) is 4.51. The highest BCUT2D eigenvalue weighted by molar-refractivity contribution is 7.99. The maximum Gasteiger partial charge on any atom is 0.407 e. The molecule has 32 heavy (non-hydrogen) atoms. The number of aliphatic carboxylic acids is 1. The van der Waals surface area contributed by atoms with E-state index in [1.54, 1.807) is 0 Å². The molecule has 0 bridgehead atoms. The summed E-state index contributed by atoms with van der Waals surface area (Å²) in [6, 6.07) is 14.5. The van der Waals surface area contributed by atoms with Gasteiger partial charge < -0.3 is 20.1 Å². The third-order valence-corrected chi connectivity index (χ3v) is 6.97. The number of benzene rings is 2. The van der Waals surface area contributed by atoms with E-state index >= 15 is 0 Å². The van der Waals surface area contributed by atoms with Crippen LogP contribution in [0.5, 0.6) is 0 Å². The number of carbonyl (C=O) groups is 3. The predicted molar refractivity (Wildman–Crippen MR) is 122 cm³/mol. The summed E-state index contributed by atoms with van der Waals surface area (Å²) < 4.78 is 5.56. The Labute approximate surface area is 191 Å². The van der Waals surface area contributed by atoms with Crippen molar-refractivity contribution in [1.82, 2.24) is 10.2 Å². The molecule has 2 aliphatic rings. The SMILES string of the molecule is CCC[C@@H](NC(=O)OCC1c2ccccc2-c2ccccc21)C(=O)N1CSC[C@H]1C(=O)O. The molecule has 168 valence electrons. The number of nitrogens with zero attached hydrogens (tertiary/aromatic N) is 1. The van der Waals surface area contributed by atoms with Gasteiger partial charge in [-0.05, 0) is 28.7 Å². The minimum atomic E-state index is -1.03. The maximum atomic E-state index is 13.0. The van der Waals surface area contributed by atoms with Crippen molar-refractivity contribution in [3.63, 3.8) is 0 Å². The van der Waals surface area contributed by atoms with E-state index in [-0.39, 0.29) is 18.4 Å². The standard InChI is InChI=1S/C24H26N2O5S/c1-2-7-20(22(27)26-14-32-13-21(26)23(28)29)25-24(30)31-12-19-17-10-5-3-8-15(17)16-9-4-6-11-18(16)19/h3-6,8-11,19-21H,2,7,12-14H2,1H3,(H,25,30)(H,28,29)/t20-,21+/m1/s1. The van der Waals surface area contributed by atoms with Crippen LogP contribution in [-0.4, -0.2) is 58.3 Å². The van der Waals surface area contributed by atoms with E-state index in [4.69, 9.17) is 4.74 Å². The quantitative estimate of drug-likeness (QED) is 0.663. The number of ether oxygens (including phenoxy) is 1. The second-order valence-electron chi connectivity index (χ2n) is 7.97. The number of amides is 2. The van der Waals surface area contributed by atoms with Crippen molar-refractivity contribution >= 4 is 29.7 Å². The lowest BCUT2D eigenvalue weighted by molar-refractivity contribution is -0.148. The Kier molecular flexibility index (Phi) is 6.69. The van der Waals surface area contributed by atoms with Gasteiger partial charge in [0.05, 0.1) is 5.88 Å². The molecular formula is C24H26N2O5S. The molecule has 2 N–H and O–H groups in total. The largest absolute Gasteiger partial charge is 0.480 e. The highest BCUT2D eigenvalue weighted by Gasteiger charge is 2.38. The van der Waals surface area contributed by atoms with E-state index < -0.39 is 24.1 Å². The number of fused-ring (bicyclic) bond motifs is 3. The summed E-state index contributed by atoms with van der Waals surface area (Å²) in [7, 11) is 0. The van der Waals surface area contributed by atoms with Crippen molar-refractivity contribution < 1.29 is 24.2 Å². The first-order chi connectivity index (χ1) is 15.5. The molecule has 1 fully saturated rings. The number of nitrogens with one attached hydrogen (secondary N) is 1. The van der Waals surface area contributed by atoms with Crippen LogP contribution in [0.25, 0.3) is 11.1 Å². The molecule has 8 heteroatoms. The van der Waals surface area contributed by atoms with Gasteiger partial charge in [0.1, 0.15) is 18.7 Å². The van der Waals surface area contributed by atoms with Gasteiger partial charge in [0.15, 0.2) is 0 Å². The second-order valence-corrected chi connectivity index (χ2v) is 8.97. The highest BCUT2D eigenvalue weighted by atomic mass is 32.2. The van der Waals surface area contributed by atoms with Crippen LogP contribution in [0.3, 0.4) is 0 Å². The van der Waals surface area contributed by atoms with Crippen molar-refractivity contribution in [1.29, 1.82) is 0 Å². The van der Waals surface area contributed by atoms with Gasteiger partial charge in [-0.1, -0.05) is 61.9 Å². The summed E-state index contributed by atoms with van der Waals surface area (Å²) in [5, 5.41) is 12.0. The van der Waals surface area contributed by atoms with Crippen LogP contribution in [-0.2, 0) is 14.3 Å². The molecule has 2 amide bonds. The number of carboxylic acid groups (broad SMARTS) is 1. The smallest absolute Gasteiger partial charge is 0.407 e. The van der Waals surface area contributed by atoms with E-state index in [2.05, 4.69) is 17.4 Å². The van der Waals surface area contributed by atoms with Gasteiger partial charge in [0.25, 0.3) is 0 Å². The highest BCUT2D eigenvalue weighted by Crippen LogP contribution is 2.44. The van der Waals surface area contributed by atoms with Gasteiger partial charge >= 0.3 is 12.1 Å². The fourth-order valence-corrected chi connectivity index (χ4v) is 5.55. The van der Waals surface area contributed by atoms with Gasteiger partial charge in [-0.25, -0.2) is 9.59 Å². The van der Waals surface area contributed by atoms with Crippen molar-refractivity contribution in [3.05, 3.63) is 59.7 Å². The molecule has 7 nitrogen and oxygen atoms in total. The average Bonchev–Trinajstić information content (AvgIpc) is 3.40. The number of rotatable bonds is 7. The predicted octanol–water partition coefficient (Wildman–Crippen LogP) is 3.68. The van der Waals surface area contributed by atoms with Gasteiger partial charge in [0, 0.05) is 11.7 Å². The Morgan fingerprint density at radius 2 is 1.75 bits per heavy atom. The molecule has 0 spiro atoms. The number of carbonyl (C=O) groups excluding carboxylic acids is 2. The zero-order chi connectivity index (χ0) is 22.7. The van der Waals surface area contributed by atoms with Crippen LogP contribution >= 0.6 is 11.8 Å². The van der Waals surface area contributed by atoms with Crippen molar-refractivity contribution in [2.24, 2.45) is 0 Å². The molecule has 4 rings (SSSR count). The molecule has 2 atom stereocenters. The zero-order valence-corrected chi connectivity index (χ0v) is 18.6. The lowest BCUT2D eigenvalue weighted by Gasteiger charge is -2.26. The molecule has 0 radical (unpaired) electrons. The van der Waals surface area contributed by atoms with Crippen molar-refractivity contribution in [2.45, 2.75) is 37.8 Å². The molecule has 2 aromatic carbocycles. The number of hydrogen-bond acceptors (Lipinski definition) is 5. The summed E-state index contributed by atoms with van der Waals surface area (Å²) in [6.45, 7) is 2.07. The number of alkyl carbamates (subject to hydrolysis) is 1. The Morgan fingerprint density at radius 1 is 1.12 bits per heavy atom. The van der Waals surface area contributed by atoms with Crippen LogP contribution < -0.4 is 5.32 Å². The second kappa shape index (κ2) is 9.65. The Balaban J connectivity index is 1.42. The van der Waals surface area contributed by atoms with Gasteiger partial charge in [-0.2, -0.15) is 0 Å². The van der Waals surface area contributed by atoms with Crippen LogP contribution in [0, 0.1) is 0 Å². The van der Waals surface area contributed by atoms with Crippen molar-refractivity contribution in [2.75, 3.05) is 18.2 Å². The monoisotopic (exact) mass is 454 g/mol. The lowest BCUT2D eigenvalue weighted by Crippen LogP contribution is -2.52. The third kappa shape index (κ3) is 4.32. The molecular weight excluding hydrogens is 428 g/mol. The molecule has 1 saturated heterocycles. The first-order valence-corrected chi connectivity index (χ1v) is 11.9. The number of hydrogen-bond donors (Lipinski definition) is 2. The molecule has 1 aliphatic carbocycles. The minimum absolute atomic E-state index is 0.0696. The van der Waals surface area contributed by atoms with Crippen molar-refractivity contribution in [3.8, 4) is 11.1 Å². The summed E-state index contributed by atoms with van der Waals surface area (Å²) >= 11 is 1.40. The molecule has 2 aromatic rings. The van der Waals surface area contributed by atoms with Gasteiger partial charge in [-0.3, -0.25) is 4.79 Å². The van der Waals surface area contributed by atoms with Crippen LogP contribution in [0.4, 0.5) is 4.79 Å². The van der Waals surface area contributed by atoms with E-state index in [0.717, 1.165) is 22.3 Å². The topological polar surface area (TPSA) is 95.9 Å². The molecule has 0 unspecified atom stereocenters. The first-order valence-electron chi connectivity index (χ1n) is 10.7. The molecule has 1 aliphatic heterocycles. The summed E-state index contributed by atoms with van der Waals surface area (Å²) in [6.07, 6.45) is 0.410. The fourth-order valence-electron chi connectivity index (χ4n) is 4.39. The van der Waals surface area contributed by atoms with E-state index in [0.29, 0.717) is 24.5 Å². The normalized spacial score (nSPS) is 18.0. The number of carboxylic acids is 1. The Bertz CT molecular complexity index is 981. The minimum Gasteiger partial charge on any atom is -0.480 e.